The number of nitrogens with two attached hydrogens (primary N) is 1. The molecule has 0 amide bonds. The zero-order chi connectivity index (χ0) is 13.1. The quantitative estimate of drug-likeness (QED) is 0.673. The van der Waals surface area contributed by atoms with Crippen molar-refractivity contribution in [2.75, 3.05) is 17.6 Å². The molecule has 0 aliphatic heterocycles. The Kier molecular flexibility index (Phi) is 2.93. The summed E-state index contributed by atoms with van der Waals surface area (Å²) in [6, 6.07) is 5.59. The van der Waals surface area contributed by atoms with Gasteiger partial charge in [-0.15, -0.1) is 5.10 Å². The van der Waals surface area contributed by atoms with Crippen LogP contribution in [0.2, 0.25) is 0 Å². The van der Waals surface area contributed by atoms with Crippen molar-refractivity contribution >= 4 is 22.4 Å². The van der Waals surface area contributed by atoms with Crippen LogP contribution < -0.4 is 11.1 Å². The van der Waals surface area contributed by atoms with Gasteiger partial charge in [-0.1, -0.05) is 5.21 Å². The van der Waals surface area contributed by atoms with E-state index in [2.05, 4.69) is 25.6 Å². The Bertz CT molecular complexity index is 678. The minimum absolute atomic E-state index is 0.694. The van der Waals surface area contributed by atoms with E-state index in [0.717, 1.165) is 23.3 Å². The lowest BCUT2D eigenvalue weighted by Gasteiger charge is -2.08. The third kappa shape index (κ3) is 2.44. The van der Waals surface area contributed by atoms with Crippen LogP contribution >= 0.6 is 0 Å². The van der Waals surface area contributed by atoms with Crippen LogP contribution in [0.3, 0.4) is 0 Å². The molecule has 0 atom stereocenters. The minimum atomic E-state index is 0.694. The summed E-state index contributed by atoms with van der Waals surface area (Å²) in [7, 11) is 0. The molecule has 0 aliphatic rings. The van der Waals surface area contributed by atoms with E-state index in [0.29, 0.717) is 12.2 Å². The first kappa shape index (κ1) is 11.4. The van der Waals surface area contributed by atoms with Gasteiger partial charge in [0.15, 0.2) is 0 Å². The van der Waals surface area contributed by atoms with Crippen LogP contribution in [0, 0.1) is 0 Å². The fourth-order valence-corrected chi connectivity index (χ4v) is 1.86. The molecule has 3 aromatic rings. The van der Waals surface area contributed by atoms with Gasteiger partial charge in [0.2, 0.25) is 0 Å². The lowest BCUT2D eigenvalue weighted by Crippen LogP contribution is -2.12. The number of hydrogen-bond donors (Lipinski definition) is 2. The van der Waals surface area contributed by atoms with E-state index in [4.69, 9.17) is 5.73 Å². The molecule has 7 nitrogen and oxygen atoms in total. The zero-order valence-electron chi connectivity index (χ0n) is 10.2. The number of anilines is 2. The highest BCUT2D eigenvalue weighted by Gasteiger charge is 2.03. The second-order valence-corrected chi connectivity index (χ2v) is 4.09. The molecule has 0 saturated carbocycles. The van der Waals surface area contributed by atoms with Gasteiger partial charge in [0.25, 0.3) is 0 Å². The zero-order valence-corrected chi connectivity index (χ0v) is 10.2. The Hall–Kier alpha value is -2.70. The molecule has 2 heterocycles. The Balaban J connectivity index is 1.77. The summed E-state index contributed by atoms with van der Waals surface area (Å²) in [5, 5.41) is 11.9. The molecule has 96 valence electrons. The predicted molar refractivity (Wildman–Crippen MR) is 72.5 cm³/mol. The van der Waals surface area contributed by atoms with Crippen LogP contribution in [-0.2, 0) is 6.54 Å². The molecule has 0 bridgehead atoms. The Morgan fingerprint density at radius 2 is 2.21 bits per heavy atom. The smallest absolute Gasteiger partial charge is 0.137 e. The summed E-state index contributed by atoms with van der Waals surface area (Å²) in [6.07, 6.45) is 5.00. The molecule has 7 heteroatoms. The first-order chi connectivity index (χ1) is 9.33. The fraction of sp³-hybridized carbons (Fsp3) is 0.167. The Labute approximate surface area is 109 Å². The monoisotopic (exact) mass is 255 g/mol. The highest BCUT2D eigenvalue weighted by molar-refractivity contribution is 5.90. The molecule has 0 aliphatic carbocycles. The van der Waals surface area contributed by atoms with E-state index >= 15 is 0 Å². The van der Waals surface area contributed by atoms with Crippen molar-refractivity contribution in [1.29, 1.82) is 0 Å². The van der Waals surface area contributed by atoms with E-state index in [1.807, 2.05) is 24.4 Å². The van der Waals surface area contributed by atoms with Gasteiger partial charge < -0.3 is 11.1 Å². The summed E-state index contributed by atoms with van der Waals surface area (Å²) in [5.41, 5.74) is 7.26. The first-order valence-corrected chi connectivity index (χ1v) is 5.91. The van der Waals surface area contributed by atoms with Crippen molar-refractivity contribution in [2.45, 2.75) is 6.54 Å². The summed E-state index contributed by atoms with van der Waals surface area (Å²) < 4.78 is 1.76. The number of nitrogens with zero attached hydrogens (tertiary/aromatic N) is 5. The van der Waals surface area contributed by atoms with E-state index < -0.39 is 0 Å². The highest BCUT2D eigenvalue weighted by Crippen LogP contribution is 2.20. The van der Waals surface area contributed by atoms with Gasteiger partial charge >= 0.3 is 0 Å². The van der Waals surface area contributed by atoms with Crippen molar-refractivity contribution in [1.82, 2.24) is 25.0 Å². The van der Waals surface area contributed by atoms with Gasteiger partial charge in [-0.2, -0.15) is 0 Å². The highest BCUT2D eigenvalue weighted by atomic mass is 15.4. The normalized spacial score (nSPS) is 10.7. The van der Waals surface area contributed by atoms with E-state index in [9.17, 15) is 0 Å². The molecular formula is C12H13N7. The van der Waals surface area contributed by atoms with Crippen LogP contribution in [0.1, 0.15) is 0 Å². The maximum Gasteiger partial charge on any atom is 0.137 e. The summed E-state index contributed by atoms with van der Waals surface area (Å²) in [4.78, 5) is 8.45. The SMILES string of the molecule is Nc1ccc2c(NCCn3ccnn3)ncnc2c1. The van der Waals surface area contributed by atoms with Crippen LogP contribution in [-0.4, -0.2) is 31.5 Å². The number of fused-ring (bicyclic) bond motifs is 1. The second-order valence-electron chi connectivity index (χ2n) is 4.09. The summed E-state index contributed by atoms with van der Waals surface area (Å²) >= 11 is 0. The molecule has 0 spiro atoms. The summed E-state index contributed by atoms with van der Waals surface area (Å²) in [5.74, 6) is 0.796. The fourth-order valence-electron chi connectivity index (χ4n) is 1.86. The van der Waals surface area contributed by atoms with Crippen LogP contribution in [0.15, 0.2) is 36.9 Å². The molecular weight excluding hydrogens is 242 g/mol. The molecule has 3 rings (SSSR count). The van der Waals surface area contributed by atoms with Gasteiger partial charge in [-0.25, -0.2) is 9.97 Å². The van der Waals surface area contributed by atoms with E-state index in [1.54, 1.807) is 10.9 Å². The van der Waals surface area contributed by atoms with E-state index in [1.165, 1.54) is 6.33 Å². The lowest BCUT2D eigenvalue weighted by molar-refractivity contribution is 0.608. The largest absolute Gasteiger partial charge is 0.399 e. The standard InChI is InChI=1S/C12H13N7/c13-9-1-2-10-11(7-9)15-8-16-12(10)14-3-5-19-6-4-17-18-19/h1-2,4,6-8H,3,5,13H2,(H,14,15,16). The van der Waals surface area contributed by atoms with Crippen molar-refractivity contribution in [3.8, 4) is 0 Å². The van der Waals surface area contributed by atoms with Gasteiger partial charge in [0.05, 0.1) is 18.3 Å². The molecule has 0 unspecified atom stereocenters. The average Bonchev–Trinajstić information content (AvgIpc) is 2.92. The topological polar surface area (TPSA) is 94.5 Å². The minimum Gasteiger partial charge on any atom is -0.399 e. The Morgan fingerprint density at radius 3 is 3.05 bits per heavy atom. The maximum absolute atomic E-state index is 5.74. The molecule has 3 N–H and O–H groups in total. The molecule has 0 radical (unpaired) electrons. The van der Waals surface area contributed by atoms with Gasteiger partial charge in [-0.05, 0) is 18.2 Å². The van der Waals surface area contributed by atoms with Crippen LogP contribution in [0.25, 0.3) is 10.9 Å². The van der Waals surface area contributed by atoms with Crippen molar-refractivity contribution < 1.29 is 0 Å². The number of aromatic nitrogens is 5. The third-order valence-electron chi connectivity index (χ3n) is 2.77. The van der Waals surface area contributed by atoms with Crippen molar-refractivity contribution in [2.24, 2.45) is 0 Å². The van der Waals surface area contributed by atoms with Crippen molar-refractivity contribution in [3.63, 3.8) is 0 Å². The number of benzene rings is 1. The van der Waals surface area contributed by atoms with E-state index in [-0.39, 0.29) is 0 Å². The molecule has 0 fully saturated rings. The summed E-state index contributed by atoms with van der Waals surface area (Å²) in [6.45, 7) is 1.43. The molecule has 0 saturated heterocycles. The van der Waals surface area contributed by atoms with Crippen LogP contribution in [0.4, 0.5) is 11.5 Å². The predicted octanol–water partition coefficient (Wildman–Crippen LogP) is 0.916. The second kappa shape index (κ2) is 4.89. The number of hydrogen-bond acceptors (Lipinski definition) is 6. The molecule has 2 aromatic heterocycles. The van der Waals surface area contributed by atoms with Gasteiger partial charge in [0, 0.05) is 23.8 Å². The number of nitrogens with one attached hydrogen (secondary N) is 1. The number of nitrogen functional groups attached to an aromatic ring is 1. The van der Waals surface area contributed by atoms with Gasteiger partial charge in [0.1, 0.15) is 12.1 Å². The molecule has 1 aromatic carbocycles. The van der Waals surface area contributed by atoms with Crippen molar-refractivity contribution in [3.05, 3.63) is 36.9 Å². The van der Waals surface area contributed by atoms with Crippen LogP contribution in [0.5, 0.6) is 0 Å². The van der Waals surface area contributed by atoms with Gasteiger partial charge in [-0.3, -0.25) is 4.68 Å². The maximum atomic E-state index is 5.74. The third-order valence-corrected chi connectivity index (χ3v) is 2.77. The number of rotatable bonds is 4. The first-order valence-electron chi connectivity index (χ1n) is 5.91. The Morgan fingerprint density at radius 1 is 1.26 bits per heavy atom. The molecule has 19 heavy (non-hydrogen) atoms. The lowest BCUT2D eigenvalue weighted by atomic mass is 10.2. The average molecular weight is 255 g/mol.